The molecule has 112 valence electrons. The Balaban J connectivity index is 2.37. The number of hydrogen-bond donors (Lipinski definition) is 2. The topological polar surface area (TPSA) is 38.0 Å². The van der Waals surface area contributed by atoms with Crippen LogP contribution in [-0.2, 0) is 6.42 Å². The molecular formula is C18H23BrN2. The van der Waals surface area contributed by atoms with E-state index in [-0.39, 0.29) is 6.04 Å². The predicted molar refractivity (Wildman–Crippen MR) is 93.3 cm³/mol. The third kappa shape index (κ3) is 3.54. The van der Waals surface area contributed by atoms with Gasteiger partial charge >= 0.3 is 0 Å². The summed E-state index contributed by atoms with van der Waals surface area (Å²) >= 11 is 3.62. The third-order valence-corrected chi connectivity index (χ3v) is 5.37. The van der Waals surface area contributed by atoms with Crippen LogP contribution in [0.15, 0.2) is 34.8 Å². The fourth-order valence-corrected chi connectivity index (χ4v) is 3.06. The molecule has 1 unspecified atom stereocenters. The van der Waals surface area contributed by atoms with Crippen molar-refractivity contribution in [1.82, 2.24) is 5.43 Å². The highest BCUT2D eigenvalue weighted by Gasteiger charge is 2.15. The van der Waals surface area contributed by atoms with Crippen molar-refractivity contribution in [3.8, 4) is 0 Å². The van der Waals surface area contributed by atoms with Crippen LogP contribution in [0.25, 0.3) is 0 Å². The average molecular weight is 347 g/mol. The van der Waals surface area contributed by atoms with Gasteiger partial charge in [-0.1, -0.05) is 46.3 Å². The molecule has 3 N–H and O–H groups in total. The molecule has 2 rings (SSSR count). The largest absolute Gasteiger partial charge is 0.271 e. The van der Waals surface area contributed by atoms with Gasteiger partial charge in [0, 0.05) is 4.47 Å². The second-order valence-electron chi connectivity index (χ2n) is 5.76. The number of hydrogen-bond acceptors (Lipinski definition) is 2. The summed E-state index contributed by atoms with van der Waals surface area (Å²) in [5.41, 5.74) is 10.7. The van der Waals surface area contributed by atoms with Crippen molar-refractivity contribution in [1.29, 1.82) is 0 Å². The Labute approximate surface area is 135 Å². The van der Waals surface area contributed by atoms with Crippen molar-refractivity contribution in [2.45, 2.75) is 40.2 Å². The molecule has 1 atom stereocenters. The van der Waals surface area contributed by atoms with E-state index in [1.54, 1.807) is 0 Å². The lowest BCUT2D eigenvalue weighted by Gasteiger charge is -2.21. The Hall–Kier alpha value is -1.16. The van der Waals surface area contributed by atoms with Crippen molar-refractivity contribution in [3.05, 3.63) is 68.2 Å². The summed E-state index contributed by atoms with van der Waals surface area (Å²) in [6, 6.07) is 11.0. The van der Waals surface area contributed by atoms with E-state index in [0.29, 0.717) is 0 Å². The Bertz CT molecular complexity index is 606. The molecule has 0 spiro atoms. The van der Waals surface area contributed by atoms with E-state index in [1.165, 1.54) is 37.9 Å². The lowest BCUT2D eigenvalue weighted by Crippen LogP contribution is -2.30. The monoisotopic (exact) mass is 346 g/mol. The van der Waals surface area contributed by atoms with Gasteiger partial charge in [0.25, 0.3) is 0 Å². The van der Waals surface area contributed by atoms with E-state index in [9.17, 15) is 0 Å². The lowest BCUT2D eigenvalue weighted by atomic mass is 9.92. The zero-order valence-electron chi connectivity index (χ0n) is 13.1. The van der Waals surface area contributed by atoms with Crippen LogP contribution in [0.2, 0.25) is 0 Å². The molecule has 2 aromatic carbocycles. The number of halogens is 1. The second-order valence-corrected chi connectivity index (χ2v) is 6.56. The van der Waals surface area contributed by atoms with Crippen LogP contribution in [0.5, 0.6) is 0 Å². The van der Waals surface area contributed by atoms with Crippen molar-refractivity contribution in [2.24, 2.45) is 5.84 Å². The summed E-state index contributed by atoms with van der Waals surface area (Å²) in [5, 5.41) is 0. The van der Waals surface area contributed by atoms with E-state index in [4.69, 9.17) is 5.84 Å². The molecule has 0 aliphatic rings. The van der Waals surface area contributed by atoms with E-state index in [0.717, 1.165) is 6.42 Å². The SMILES string of the molecule is Cc1cc(C(Cc2c(C)cccc2C)NN)cc(C)c1Br. The highest BCUT2D eigenvalue weighted by atomic mass is 79.9. The first kappa shape index (κ1) is 16.2. The summed E-state index contributed by atoms with van der Waals surface area (Å²) < 4.78 is 1.18. The molecule has 0 aromatic heterocycles. The molecule has 0 aliphatic carbocycles. The summed E-state index contributed by atoms with van der Waals surface area (Å²) in [6.45, 7) is 8.56. The van der Waals surface area contributed by atoms with Gasteiger partial charge in [0.05, 0.1) is 6.04 Å². The molecule has 0 amide bonds. The molecule has 3 heteroatoms. The molecule has 0 aliphatic heterocycles. The van der Waals surface area contributed by atoms with Crippen LogP contribution >= 0.6 is 15.9 Å². The number of nitrogens with two attached hydrogens (primary N) is 1. The van der Waals surface area contributed by atoms with Gasteiger partial charge in [-0.05, 0) is 67.5 Å². The Morgan fingerprint density at radius 3 is 2.00 bits per heavy atom. The van der Waals surface area contributed by atoms with Gasteiger partial charge in [-0.25, -0.2) is 0 Å². The number of benzene rings is 2. The molecule has 0 fully saturated rings. The maximum absolute atomic E-state index is 5.83. The maximum atomic E-state index is 5.83. The quantitative estimate of drug-likeness (QED) is 0.634. The summed E-state index contributed by atoms with van der Waals surface area (Å²) in [6.07, 6.45) is 0.898. The van der Waals surface area contributed by atoms with E-state index in [2.05, 4.69) is 79.4 Å². The van der Waals surface area contributed by atoms with Gasteiger partial charge in [0.15, 0.2) is 0 Å². The Kier molecular flexibility index (Phi) is 5.20. The fraction of sp³-hybridized carbons (Fsp3) is 0.333. The highest BCUT2D eigenvalue weighted by molar-refractivity contribution is 9.10. The van der Waals surface area contributed by atoms with E-state index >= 15 is 0 Å². The fourth-order valence-electron chi connectivity index (χ4n) is 2.83. The second kappa shape index (κ2) is 6.73. The van der Waals surface area contributed by atoms with Crippen LogP contribution < -0.4 is 11.3 Å². The van der Waals surface area contributed by atoms with Crippen molar-refractivity contribution < 1.29 is 0 Å². The van der Waals surface area contributed by atoms with Gasteiger partial charge in [-0.15, -0.1) is 0 Å². The zero-order valence-corrected chi connectivity index (χ0v) is 14.7. The molecule has 2 aromatic rings. The van der Waals surface area contributed by atoms with Crippen LogP contribution in [0.3, 0.4) is 0 Å². The molecule has 21 heavy (non-hydrogen) atoms. The minimum atomic E-state index is 0.121. The predicted octanol–water partition coefficient (Wildman–Crippen LogP) is 4.43. The first-order valence-corrected chi connectivity index (χ1v) is 8.01. The number of rotatable bonds is 4. The van der Waals surface area contributed by atoms with E-state index in [1.807, 2.05) is 0 Å². The van der Waals surface area contributed by atoms with Gasteiger partial charge in [-0.3, -0.25) is 11.3 Å². The molecule has 0 heterocycles. The number of nitrogens with one attached hydrogen (secondary N) is 1. The minimum absolute atomic E-state index is 0.121. The Morgan fingerprint density at radius 2 is 1.52 bits per heavy atom. The average Bonchev–Trinajstić information content (AvgIpc) is 2.44. The van der Waals surface area contributed by atoms with Crippen molar-refractivity contribution >= 4 is 15.9 Å². The third-order valence-electron chi connectivity index (χ3n) is 4.12. The van der Waals surface area contributed by atoms with Crippen LogP contribution in [-0.4, -0.2) is 0 Å². The van der Waals surface area contributed by atoms with Crippen LogP contribution in [0.1, 0.15) is 39.4 Å². The normalized spacial score (nSPS) is 12.5. The van der Waals surface area contributed by atoms with Gasteiger partial charge in [0.2, 0.25) is 0 Å². The van der Waals surface area contributed by atoms with Crippen molar-refractivity contribution in [2.75, 3.05) is 0 Å². The number of aryl methyl sites for hydroxylation is 4. The summed E-state index contributed by atoms with van der Waals surface area (Å²) in [5.74, 6) is 5.83. The first-order chi connectivity index (χ1) is 9.93. The summed E-state index contributed by atoms with van der Waals surface area (Å²) in [4.78, 5) is 0. The van der Waals surface area contributed by atoms with Crippen LogP contribution in [0, 0.1) is 27.7 Å². The van der Waals surface area contributed by atoms with Gasteiger partial charge in [0.1, 0.15) is 0 Å². The molecule has 0 bridgehead atoms. The standard InChI is InChI=1S/C18H23BrN2/c1-11-6-5-7-12(2)16(11)10-17(21-20)15-8-13(3)18(19)14(4)9-15/h5-9,17,21H,10,20H2,1-4H3. The summed E-state index contributed by atoms with van der Waals surface area (Å²) in [7, 11) is 0. The van der Waals surface area contributed by atoms with Crippen LogP contribution in [0.4, 0.5) is 0 Å². The Morgan fingerprint density at radius 1 is 1.00 bits per heavy atom. The highest BCUT2D eigenvalue weighted by Crippen LogP contribution is 2.28. The van der Waals surface area contributed by atoms with E-state index < -0.39 is 0 Å². The smallest absolute Gasteiger partial charge is 0.0500 e. The van der Waals surface area contributed by atoms with Crippen molar-refractivity contribution in [3.63, 3.8) is 0 Å². The molecule has 2 nitrogen and oxygen atoms in total. The maximum Gasteiger partial charge on any atom is 0.0500 e. The lowest BCUT2D eigenvalue weighted by molar-refractivity contribution is 0.549. The molecule has 0 saturated carbocycles. The first-order valence-electron chi connectivity index (χ1n) is 7.22. The molecule has 0 radical (unpaired) electrons. The number of hydrazine groups is 1. The zero-order chi connectivity index (χ0) is 15.6. The van der Waals surface area contributed by atoms with Gasteiger partial charge < -0.3 is 0 Å². The molecule has 0 saturated heterocycles. The van der Waals surface area contributed by atoms with Gasteiger partial charge in [-0.2, -0.15) is 0 Å². The minimum Gasteiger partial charge on any atom is -0.271 e. The molecular weight excluding hydrogens is 324 g/mol.